The summed E-state index contributed by atoms with van der Waals surface area (Å²) in [5, 5.41) is 3.38. The van der Waals surface area contributed by atoms with Gasteiger partial charge in [0.2, 0.25) is 0 Å². The fourth-order valence-electron chi connectivity index (χ4n) is 4.03. The van der Waals surface area contributed by atoms with Crippen molar-refractivity contribution < 1.29 is 18.0 Å². The summed E-state index contributed by atoms with van der Waals surface area (Å²) in [6.45, 7) is 3.11. The van der Waals surface area contributed by atoms with Crippen molar-refractivity contribution in [3.63, 3.8) is 0 Å². The molecule has 0 aliphatic rings. The summed E-state index contributed by atoms with van der Waals surface area (Å²) in [6, 6.07) is 19.1. The Morgan fingerprint density at radius 3 is 2.03 bits per heavy atom. The van der Waals surface area contributed by atoms with Gasteiger partial charge in [0.25, 0.3) is 5.56 Å². The highest BCUT2D eigenvalue weighted by Gasteiger charge is 2.41. The van der Waals surface area contributed by atoms with Crippen molar-refractivity contribution in [2.24, 2.45) is 7.05 Å². The second kappa shape index (κ2) is 9.29. The van der Waals surface area contributed by atoms with Gasteiger partial charge in [-0.05, 0) is 47.6 Å². The van der Waals surface area contributed by atoms with Gasteiger partial charge in [-0.2, -0.15) is 0 Å². The van der Waals surface area contributed by atoms with Gasteiger partial charge in [0.05, 0.1) is 6.54 Å². The Morgan fingerprint density at radius 1 is 0.914 bits per heavy atom. The number of halogens is 3. The summed E-state index contributed by atoms with van der Waals surface area (Å²) in [6.07, 6.45) is -4.93. The van der Waals surface area contributed by atoms with Crippen molar-refractivity contribution >= 4 is 22.6 Å². The van der Waals surface area contributed by atoms with Crippen LogP contribution in [0, 0.1) is 13.8 Å². The van der Waals surface area contributed by atoms with E-state index in [1.54, 1.807) is 48.5 Å². The zero-order chi connectivity index (χ0) is 25.3. The zero-order valence-electron chi connectivity index (χ0n) is 19.5. The number of anilines is 1. The van der Waals surface area contributed by atoms with Crippen LogP contribution >= 0.6 is 0 Å². The van der Waals surface area contributed by atoms with Crippen LogP contribution in [0.5, 0.6) is 0 Å². The third kappa shape index (κ3) is 4.77. The van der Waals surface area contributed by atoms with E-state index in [0.29, 0.717) is 27.5 Å². The molecule has 0 bridgehead atoms. The SMILES string of the molecule is Cc1cc2c(-c3ccccc3)c(NC(=O)N(Cc3ccccc3)C(F)(F)F)n(C)c(=O)c2cc1C. The molecular weight excluding hydrogens is 455 g/mol. The molecule has 0 spiro atoms. The van der Waals surface area contributed by atoms with E-state index in [1.807, 2.05) is 26.0 Å². The lowest BCUT2D eigenvalue weighted by atomic mass is 9.95. The molecule has 5 nitrogen and oxygen atoms in total. The van der Waals surface area contributed by atoms with Gasteiger partial charge in [-0.15, -0.1) is 13.2 Å². The van der Waals surface area contributed by atoms with Crippen LogP contribution in [0.2, 0.25) is 0 Å². The van der Waals surface area contributed by atoms with Gasteiger partial charge in [-0.25, -0.2) is 9.69 Å². The predicted octanol–water partition coefficient (Wildman–Crippen LogP) is 6.38. The Hall–Kier alpha value is -4.07. The standard InChI is InChI=1S/C27H24F3N3O2/c1-17-14-21-22(15-18(17)2)25(34)32(3)24(23(21)20-12-8-5-9-13-20)31-26(35)33(27(28,29)30)16-19-10-6-4-7-11-19/h4-15H,16H2,1-3H3,(H,31,35). The molecule has 35 heavy (non-hydrogen) atoms. The van der Waals surface area contributed by atoms with Crippen molar-refractivity contribution in [2.75, 3.05) is 5.32 Å². The number of alkyl halides is 3. The van der Waals surface area contributed by atoms with Gasteiger partial charge in [-0.3, -0.25) is 14.7 Å². The molecule has 180 valence electrons. The van der Waals surface area contributed by atoms with Gasteiger partial charge in [0.1, 0.15) is 5.82 Å². The van der Waals surface area contributed by atoms with E-state index in [-0.39, 0.29) is 10.7 Å². The highest BCUT2D eigenvalue weighted by atomic mass is 19.4. The summed E-state index contributed by atoms with van der Waals surface area (Å²) >= 11 is 0. The van der Waals surface area contributed by atoms with E-state index >= 15 is 0 Å². The molecule has 0 aliphatic carbocycles. The number of benzene rings is 3. The van der Waals surface area contributed by atoms with Crippen LogP contribution in [-0.2, 0) is 13.6 Å². The Bertz CT molecular complexity index is 1450. The monoisotopic (exact) mass is 479 g/mol. The van der Waals surface area contributed by atoms with E-state index < -0.39 is 24.4 Å². The molecule has 0 radical (unpaired) electrons. The molecule has 1 heterocycles. The molecule has 0 saturated heterocycles. The number of amides is 2. The Kier molecular flexibility index (Phi) is 6.39. The topological polar surface area (TPSA) is 54.3 Å². The Morgan fingerprint density at radius 2 is 1.46 bits per heavy atom. The Labute approximate surface area is 200 Å². The van der Waals surface area contributed by atoms with Crippen LogP contribution in [0.4, 0.5) is 23.8 Å². The number of hydrogen-bond donors (Lipinski definition) is 1. The second-order valence-corrected chi connectivity index (χ2v) is 8.41. The fourth-order valence-corrected chi connectivity index (χ4v) is 4.03. The quantitative estimate of drug-likeness (QED) is 0.346. The van der Waals surface area contributed by atoms with E-state index in [9.17, 15) is 22.8 Å². The number of nitrogens with one attached hydrogen (secondary N) is 1. The molecule has 0 fully saturated rings. The van der Waals surface area contributed by atoms with Gasteiger partial charge in [0.15, 0.2) is 0 Å². The molecule has 0 unspecified atom stereocenters. The minimum Gasteiger partial charge on any atom is -0.297 e. The maximum absolute atomic E-state index is 13.9. The first-order valence-corrected chi connectivity index (χ1v) is 11.0. The minimum atomic E-state index is -4.93. The smallest absolute Gasteiger partial charge is 0.297 e. The molecule has 4 aromatic rings. The normalized spacial score (nSPS) is 11.5. The highest BCUT2D eigenvalue weighted by molar-refractivity contribution is 6.05. The molecule has 0 saturated carbocycles. The second-order valence-electron chi connectivity index (χ2n) is 8.41. The van der Waals surface area contributed by atoms with Crippen molar-refractivity contribution in [1.82, 2.24) is 9.47 Å². The van der Waals surface area contributed by atoms with Crippen molar-refractivity contribution in [3.8, 4) is 11.1 Å². The van der Waals surface area contributed by atoms with Gasteiger partial charge in [0, 0.05) is 18.0 Å². The summed E-state index contributed by atoms with van der Waals surface area (Å²) in [4.78, 5) is 26.1. The first-order chi connectivity index (χ1) is 16.6. The molecule has 3 aromatic carbocycles. The highest BCUT2D eigenvalue weighted by Crippen LogP contribution is 2.35. The fraction of sp³-hybridized carbons (Fsp3) is 0.185. The number of aromatic nitrogens is 1. The largest absolute Gasteiger partial charge is 0.488 e. The van der Waals surface area contributed by atoms with Gasteiger partial charge >= 0.3 is 12.3 Å². The van der Waals surface area contributed by atoms with E-state index in [4.69, 9.17) is 0 Å². The molecule has 1 aromatic heterocycles. The lowest BCUT2D eigenvalue weighted by Gasteiger charge is -2.27. The predicted molar refractivity (Wildman–Crippen MR) is 131 cm³/mol. The summed E-state index contributed by atoms with van der Waals surface area (Å²) in [7, 11) is 1.44. The Balaban J connectivity index is 1.89. The number of carbonyl (C=O) groups excluding carboxylic acids is 1. The molecule has 1 N–H and O–H groups in total. The number of rotatable bonds is 4. The molecule has 8 heteroatoms. The first-order valence-electron chi connectivity index (χ1n) is 11.0. The number of fused-ring (bicyclic) bond motifs is 1. The minimum absolute atomic E-state index is 0.00994. The third-order valence-corrected chi connectivity index (χ3v) is 6.03. The number of nitrogens with zero attached hydrogens (tertiary/aromatic N) is 2. The van der Waals surface area contributed by atoms with Crippen molar-refractivity contribution in [1.29, 1.82) is 0 Å². The van der Waals surface area contributed by atoms with Crippen LogP contribution in [-0.4, -0.2) is 21.8 Å². The van der Waals surface area contributed by atoms with Crippen molar-refractivity contribution in [3.05, 3.63) is 99.8 Å². The van der Waals surface area contributed by atoms with Crippen LogP contribution in [0.3, 0.4) is 0 Å². The van der Waals surface area contributed by atoms with E-state index in [2.05, 4.69) is 5.32 Å². The lowest BCUT2D eigenvalue weighted by molar-refractivity contribution is -0.225. The van der Waals surface area contributed by atoms with Crippen LogP contribution < -0.4 is 10.9 Å². The molecule has 4 rings (SSSR count). The van der Waals surface area contributed by atoms with Crippen LogP contribution in [0.25, 0.3) is 21.9 Å². The third-order valence-electron chi connectivity index (χ3n) is 6.03. The number of carbonyl (C=O) groups is 1. The number of hydrogen-bond acceptors (Lipinski definition) is 2. The summed E-state index contributed by atoms with van der Waals surface area (Å²) < 4.78 is 42.9. The van der Waals surface area contributed by atoms with Gasteiger partial charge < -0.3 is 0 Å². The summed E-state index contributed by atoms with van der Waals surface area (Å²) in [5.74, 6) is -0.00994. The van der Waals surface area contributed by atoms with Crippen LogP contribution in [0.1, 0.15) is 16.7 Å². The average Bonchev–Trinajstić information content (AvgIpc) is 2.83. The maximum Gasteiger partial charge on any atom is 0.488 e. The molecular formula is C27H24F3N3O2. The molecule has 0 atom stereocenters. The molecule has 0 aliphatic heterocycles. The lowest BCUT2D eigenvalue weighted by Crippen LogP contribution is -2.45. The maximum atomic E-state index is 13.9. The zero-order valence-corrected chi connectivity index (χ0v) is 19.5. The number of urea groups is 1. The average molecular weight is 480 g/mol. The van der Waals surface area contributed by atoms with Crippen molar-refractivity contribution in [2.45, 2.75) is 26.7 Å². The van der Waals surface area contributed by atoms with E-state index in [0.717, 1.165) is 11.1 Å². The van der Waals surface area contributed by atoms with Crippen LogP contribution in [0.15, 0.2) is 77.6 Å². The van der Waals surface area contributed by atoms with Gasteiger partial charge in [-0.1, -0.05) is 66.7 Å². The van der Waals surface area contributed by atoms with E-state index in [1.165, 1.54) is 23.7 Å². The number of aryl methyl sites for hydroxylation is 2. The molecule has 2 amide bonds. The summed E-state index contributed by atoms with van der Waals surface area (Å²) in [5.41, 5.74) is 2.87. The first kappa shape index (κ1) is 24.1. The number of pyridine rings is 1.